The van der Waals surface area contributed by atoms with Gasteiger partial charge in [-0.25, -0.2) is 8.42 Å². The van der Waals surface area contributed by atoms with Gasteiger partial charge in [-0.05, 0) is 56.2 Å². The molecule has 0 saturated carbocycles. The van der Waals surface area contributed by atoms with Crippen molar-refractivity contribution in [1.82, 2.24) is 5.32 Å². The van der Waals surface area contributed by atoms with Gasteiger partial charge in [0, 0.05) is 17.6 Å². The zero-order valence-corrected chi connectivity index (χ0v) is 18.0. The van der Waals surface area contributed by atoms with Crippen LogP contribution in [-0.2, 0) is 19.6 Å². The summed E-state index contributed by atoms with van der Waals surface area (Å²) in [5, 5.41) is 2.79. The maximum absolute atomic E-state index is 13.2. The fraction of sp³-hybridized carbons (Fsp3) is 0.350. The van der Waals surface area contributed by atoms with E-state index >= 15 is 0 Å². The maximum atomic E-state index is 13.2. The van der Waals surface area contributed by atoms with Crippen molar-refractivity contribution in [2.24, 2.45) is 0 Å². The van der Waals surface area contributed by atoms with E-state index in [9.17, 15) is 13.2 Å². The molecule has 0 unspecified atom stereocenters. The molecular weight excluding hydrogens is 444 g/mol. The van der Waals surface area contributed by atoms with Crippen LogP contribution >= 0.6 is 15.9 Å². The van der Waals surface area contributed by atoms with Crippen molar-refractivity contribution in [3.05, 3.63) is 58.6 Å². The molecule has 1 heterocycles. The van der Waals surface area contributed by atoms with Gasteiger partial charge in [0.15, 0.2) is 0 Å². The SMILES string of the molecule is Cc1ccc(S(=O)(=O)N(CC(=O)NC[C@@H]2CCCO2)c2ccc(Br)cc2)cc1. The van der Waals surface area contributed by atoms with Crippen molar-refractivity contribution in [2.75, 3.05) is 24.0 Å². The van der Waals surface area contributed by atoms with Gasteiger partial charge in [0.25, 0.3) is 10.0 Å². The van der Waals surface area contributed by atoms with E-state index < -0.39 is 10.0 Å². The van der Waals surface area contributed by atoms with Gasteiger partial charge in [0.05, 0.1) is 16.7 Å². The monoisotopic (exact) mass is 466 g/mol. The smallest absolute Gasteiger partial charge is 0.264 e. The topological polar surface area (TPSA) is 75.7 Å². The minimum absolute atomic E-state index is 0.00112. The molecule has 0 bridgehead atoms. The predicted octanol–water partition coefficient (Wildman–Crippen LogP) is 3.25. The summed E-state index contributed by atoms with van der Waals surface area (Å²) >= 11 is 3.35. The van der Waals surface area contributed by atoms with Crippen molar-refractivity contribution < 1.29 is 17.9 Å². The quantitative estimate of drug-likeness (QED) is 0.679. The zero-order chi connectivity index (χ0) is 20.1. The van der Waals surface area contributed by atoms with Gasteiger partial charge in [0.2, 0.25) is 5.91 Å². The Morgan fingerprint density at radius 1 is 1.18 bits per heavy atom. The van der Waals surface area contributed by atoms with Crippen LogP contribution < -0.4 is 9.62 Å². The molecule has 0 spiro atoms. The van der Waals surface area contributed by atoms with Crippen molar-refractivity contribution in [1.29, 1.82) is 0 Å². The van der Waals surface area contributed by atoms with Crippen LogP contribution in [0, 0.1) is 6.92 Å². The van der Waals surface area contributed by atoms with E-state index in [-0.39, 0.29) is 23.5 Å². The Bertz CT molecular complexity index is 908. The number of carbonyl (C=O) groups is 1. The van der Waals surface area contributed by atoms with Gasteiger partial charge in [0.1, 0.15) is 6.54 Å². The van der Waals surface area contributed by atoms with Gasteiger partial charge in [-0.3, -0.25) is 9.10 Å². The standard InChI is InChI=1S/C20H23BrN2O4S/c1-15-4-10-19(11-5-15)28(25,26)23(17-8-6-16(21)7-9-17)14-20(24)22-13-18-3-2-12-27-18/h4-11,18H,2-3,12-14H2,1H3,(H,22,24)/t18-/m0/s1. The fourth-order valence-corrected chi connectivity index (χ4v) is 4.66. The molecule has 1 aliphatic heterocycles. The van der Waals surface area contributed by atoms with Crippen molar-refractivity contribution in [3.63, 3.8) is 0 Å². The number of ether oxygens (including phenoxy) is 1. The fourth-order valence-electron chi connectivity index (χ4n) is 2.98. The number of nitrogens with zero attached hydrogens (tertiary/aromatic N) is 1. The van der Waals surface area contributed by atoms with Crippen molar-refractivity contribution in [3.8, 4) is 0 Å². The number of anilines is 1. The number of amides is 1. The number of benzene rings is 2. The normalized spacial score (nSPS) is 16.7. The van der Waals surface area contributed by atoms with Crippen molar-refractivity contribution in [2.45, 2.75) is 30.8 Å². The number of hydrogen-bond acceptors (Lipinski definition) is 4. The zero-order valence-electron chi connectivity index (χ0n) is 15.6. The second-order valence-electron chi connectivity index (χ2n) is 6.74. The number of carbonyl (C=O) groups excluding carboxylic acids is 1. The summed E-state index contributed by atoms with van der Waals surface area (Å²) in [5.74, 6) is -0.367. The van der Waals surface area contributed by atoms with E-state index in [1.165, 1.54) is 0 Å². The number of nitrogens with one attached hydrogen (secondary N) is 1. The Kier molecular flexibility index (Phi) is 6.74. The molecule has 150 valence electrons. The van der Waals surface area contributed by atoms with E-state index in [0.717, 1.165) is 27.2 Å². The van der Waals surface area contributed by atoms with Gasteiger partial charge < -0.3 is 10.1 Å². The van der Waals surface area contributed by atoms with Crippen LogP contribution in [0.3, 0.4) is 0 Å². The molecule has 1 fully saturated rings. The molecule has 8 heteroatoms. The summed E-state index contributed by atoms with van der Waals surface area (Å²) < 4.78 is 33.9. The Labute approximate surface area is 174 Å². The van der Waals surface area contributed by atoms with Crippen LogP contribution in [0.25, 0.3) is 0 Å². The number of rotatable bonds is 7. The first kappa shape index (κ1) is 20.8. The molecule has 3 rings (SSSR count). The molecule has 0 aromatic heterocycles. The summed E-state index contributed by atoms with van der Waals surface area (Å²) in [6.07, 6.45) is 1.88. The van der Waals surface area contributed by atoms with Crippen LogP contribution in [0.4, 0.5) is 5.69 Å². The molecule has 6 nitrogen and oxygen atoms in total. The minimum Gasteiger partial charge on any atom is -0.376 e. The number of sulfonamides is 1. The first-order valence-corrected chi connectivity index (χ1v) is 11.3. The number of halogens is 1. The first-order valence-electron chi connectivity index (χ1n) is 9.09. The molecule has 0 aliphatic carbocycles. The van der Waals surface area contributed by atoms with Crippen LogP contribution in [-0.4, -0.2) is 40.1 Å². The summed E-state index contributed by atoms with van der Waals surface area (Å²) in [6.45, 7) is 2.68. The second kappa shape index (κ2) is 9.07. The highest BCUT2D eigenvalue weighted by atomic mass is 79.9. The van der Waals surface area contributed by atoms with E-state index in [1.54, 1.807) is 48.5 Å². The van der Waals surface area contributed by atoms with E-state index in [4.69, 9.17) is 4.74 Å². The Balaban J connectivity index is 1.83. The predicted molar refractivity (Wildman–Crippen MR) is 112 cm³/mol. The molecule has 1 aliphatic rings. The van der Waals surface area contributed by atoms with E-state index in [2.05, 4.69) is 21.2 Å². The second-order valence-corrected chi connectivity index (χ2v) is 9.52. The molecule has 0 radical (unpaired) electrons. The van der Waals surface area contributed by atoms with Crippen LogP contribution in [0.15, 0.2) is 57.9 Å². The number of hydrogen-bond donors (Lipinski definition) is 1. The molecule has 1 saturated heterocycles. The highest BCUT2D eigenvalue weighted by Gasteiger charge is 2.27. The lowest BCUT2D eigenvalue weighted by atomic mass is 10.2. The average molecular weight is 467 g/mol. The molecule has 1 amide bonds. The third kappa shape index (κ3) is 5.12. The largest absolute Gasteiger partial charge is 0.376 e. The van der Waals surface area contributed by atoms with E-state index in [0.29, 0.717) is 18.8 Å². The molecule has 1 atom stereocenters. The third-order valence-corrected chi connectivity index (χ3v) is 6.88. The van der Waals surface area contributed by atoms with Gasteiger partial charge in [-0.15, -0.1) is 0 Å². The Morgan fingerprint density at radius 3 is 2.46 bits per heavy atom. The lowest BCUT2D eigenvalue weighted by Crippen LogP contribution is -2.42. The van der Waals surface area contributed by atoms with Crippen molar-refractivity contribution >= 4 is 37.5 Å². The summed E-state index contributed by atoms with van der Waals surface area (Å²) in [7, 11) is -3.89. The Morgan fingerprint density at radius 2 is 1.86 bits per heavy atom. The molecule has 1 N–H and O–H groups in total. The maximum Gasteiger partial charge on any atom is 0.264 e. The van der Waals surface area contributed by atoms with Gasteiger partial charge in [-0.1, -0.05) is 33.6 Å². The van der Waals surface area contributed by atoms with Crippen LogP contribution in [0.5, 0.6) is 0 Å². The minimum atomic E-state index is -3.89. The van der Waals surface area contributed by atoms with Crippen LogP contribution in [0.1, 0.15) is 18.4 Å². The molecular formula is C20H23BrN2O4S. The highest BCUT2D eigenvalue weighted by Crippen LogP contribution is 2.25. The highest BCUT2D eigenvalue weighted by molar-refractivity contribution is 9.10. The average Bonchev–Trinajstić information content (AvgIpc) is 3.19. The first-order chi connectivity index (χ1) is 13.4. The lowest BCUT2D eigenvalue weighted by molar-refractivity contribution is -0.120. The summed E-state index contributed by atoms with van der Waals surface area (Å²) in [6, 6.07) is 13.4. The van der Waals surface area contributed by atoms with Gasteiger partial charge >= 0.3 is 0 Å². The third-order valence-electron chi connectivity index (χ3n) is 4.56. The summed E-state index contributed by atoms with van der Waals surface area (Å²) in [4.78, 5) is 12.6. The van der Waals surface area contributed by atoms with Gasteiger partial charge in [-0.2, -0.15) is 0 Å². The van der Waals surface area contributed by atoms with Crippen LogP contribution in [0.2, 0.25) is 0 Å². The van der Waals surface area contributed by atoms with E-state index in [1.807, 2.05) is 6.92 Å². The molecule has 28 heavy (non-hydrogen) atoms. The summed E-state index contributed by atoms with van der Waals surface area (Å²) in [5.41, 5.74) is 1.39. The molecule has 2 aromatic carbocycles. The lowest BCUT2D eigenvalue weighted by Gasteiger charge is -2.24. The molecule has 2 aromatic rings. The Hall–Kier alpha value is -1.90. The number of aryl methyl sites for hydroxylation is 1.